The molecule has 66 valence electrons. The van der Waals surface area contributed by atoms with Crippen molar-refractivity contribution < 1.29 is 9.90 Å². The number of nitrogens with one attached hydrogen (secondary N) is 1. The number of rotatable bonds is 3. The van der Waals surface area contributed by atoms with E-state index < -0.39 is 5.97 Å². The molecule has 2 N–H and O–H groups in total. The van der Waals surface area contributed by atoms with E-state index in [-0.39, 0.29) is 6.42 Å². The second-order valence-corrected chi connectivity index (χ2v) is 2.68. The van der Waals surface area contributed by atoms with Gasteiger partial charge in [-0.3, -0.25) is 4.79 Å². The Kier molecular flexibility index (Phi) is 2.47. The monoisotopic (exact) mass is 168 g/mol. The van der Waals surface area contributed by atoms with Crippen LogP contribution in [0.4, 0.5) is 0 Å². The number of hydrogen-bond donors (Lipinski definition) is 2. The summed E-state index contributed by atoms with van der Waals surface area (Å²) in [4.78, 5) is 17.5. The van der Waals surface area contributed by atoms with Gasteiger partial charge in [-0.05, 0) is 6.92 Å². The predicted molar refractivity (Wildman–Crippen MR) is 44.0 cm³/mol. The first kappa shape index (κ1) is 8.77. The molecule has 0 fully saturated rings. The van der Waals surface area contributed by atoms with Crippen LogP contribution < -0.4 is 0 Å². The van der Waals surface area contributed by atoms with Gasteiger partial charge in [-0.15, -0.1) is 0 Å². The molecule has 1 rings (SSSR count). The number of nitrogens with zero attached hydrogens (tertiary/aromatic N) is 1. The van der Waals surface area contributed by atoms with E-state index in [9.17, 15) is 4.79 Å². The topological polar surface area (TPSA) is 66.0 Å². The molecule has 4 heteroatoms. The van der Waals surface area contributed by atoms with Crippen LogP contribution in [0.3, 0.4) is 0 Å². The SMILES string of the molecule is CCc1nc(CC(=O)O)c(C)[nH]1. The average molecular weight is 168 g/mol. The van der Waals surface area contributed by atoms with Gasteiger partial charge in [-0.2, -0.15) is 0 Å². The molecule has 0 amide bonds. The molecule has 12 heavy (non-hydrogen) atoms. The maximum absolute atomic E-state index is 10.4. The van der Waals surface area contributed by atoms with E-state index in [1.165, 1.54) is 0 Å². The van der Waals surface area contributed by atoms with Crippen LogP contribution >= 0.6 is 0 Å². The summed E-state index contributed by atoms with van der Waals surface area (Å²) in [5, 5.41) is 8.52. The smallest absolute Gasteiger partial charge is 0.309 e. The number of carbonyl (C=O) groups is 1. The highest BCUT2D eigenvalue weighted by Crippen LogP contribution is 2.05. The lowest BCUT2D eigenvalue weighted by Crippen LogP contribution is -2.01. The average Bonchev–Trinajstić information content (AvgIpc) is 2.31. The Hall–Kier alpha value is -1.32. The van der Waals surface area contributed by atoms with Gasteiger partial charge in [-0.1, -0.05) is 6.92 Å². The number of carboxylic acids is 1. The van der Waals surface area contributed by atoms with Gasteiger partial charge in [0.05, 0.1) is 12.1 Å². The highest BCUT2D eigenvalue weighted by atomic mass is 16.4. The first-order chi connectivity index (χ1) is 5.63. The van der Waals surface area contributed by atoms with Gasteiger partial charge in [0.25, 0.3) is 0 Å². The Morgan fingerprint density at radius 1 is 1.67 bits per heavy atom. The summed E-state index contributed by atoms with van der Waals surface area (Å²) in [7, 11) is 0. The zero-order valence-electron chi connectivity index (χ0n) is 7.22. The zero-order valence-corrected chi connectivity index (χ0v) is 7.22. The minimum Gasteiger partial charge on any atom is -0.481 e. The summed E-state index contributed by atoms with van der Waals surface area (Å²) in [5.74, 6) is 0.0102. The molecule has 0 aliphatic heterocycles. The fourth-order valence-electron chi connectivity index (χ4n) is 1.05. The third-order valence-electron chi connectivity index (χ3n) is 1.69. The molecule has 0 aliphatic carbocycles. The van der Waals surface area contributed by atoms with Gasteiger partial charge in [-0.25, -0.2) is 4.98 Å². The van der Waals surface area contributed by atoms with Crippen molar-refractivity contribution in [2.45, 2.75) is 26.7 Å². The van der Waals surface area contributed by atoms with Crippen molar-refractivity contribution in [1.29, 1.82) is 0 Å². The van der Waals surface area contributed by atoms with Crippen molar-refractivity contribution in [2.75, 3.05) is 0 Å². The number of carboxylic acid groups (broad SMARTS) is 1. The molecular weight excluding hydrogens is 156 g/mol. The summed E-state index contributed by atoms with van der Waals surface area (Å²) in [6, 6.07) is 0. The standard InChI is InChI=1S/C8H12N2O2/c1-3-7-9-5(2)6(10-7)4-8(11)12/h3-4H2,1-2H3,(H,9,10)(H,11,12). The van der Waals surface area contributed by atoms with Gasteiger partial charge in [0.2, 0.25) is 0 Å². The van der Waals surface area contributed by atoms with Crippen molar-refractivity contribution in [1.82, 2.24) is 9.97 Å². The number of aliphatic carboxylic acids is 1. The van der Waals surface area contributed by atoms with Crippen LogP contribution in [0.25, 0.3) is 0 Å². The van der Waals surface area contributed by atoms with Crippen molar-refractivity contribution in [3.05, 3.63) is 17.2 Å². The molecule has 0 radical (unpaired) electrons. The molecular formula is C8H12N2O2. The summed E-state index contributed by atoms with van der Waals surface area (Å²) in [6.45, 7) is 3.81. The van der Waals surface area contributed by atoms with Gasteiger partial charge in [0.15, 0.2) is 0 Å². The molecule has 0 unspecified atom stereocenters. The molecule has 0 aromatic carbocycles. The number of aromatic amines is 1. The van der Waals surface area contributed by atoms with Crippen LogP contribution in [0.2, 0.25) is 0 Å². The van der Waals surface area contributed by atoms with Crippen molar-refractivity contribution >= 4 is 5.97 Å². The first-order valence-corrected chi connectivity index (χ1v) is 3.89. The Morgan fingerprint density at radius 3 is 2.75 bits per heavy atom. The Morgan fingerprint density at radius 2 is 2.33 bits per heavy atom. The van der Waals surface area contributed by atoms with Crippen LogP contribution in [0.15, 0.2) is 0 Å². The van der Waals surface area contributed by atoms with Crippen LogP contribution in [-0.2, 0) is 17.6 Å². The van der Waals surface area contributed by atoms with E-state index in [0.29, 0.717) is 5.69 Å². The number of aromatic nitrogens is 2. The molecule has 0 aliphatic rings. The van der Waals surface area contributed by atoms with Gasteiger partial charge in [0, 0.05) is 12.1 Å². The lowest BCUT2D eigenvalue weighted by atomic mass is 10.3. The highest BCUT2D eigenvalue weighted by Gasteiger charge is 2.08. The Balaban J connectivity index is 2.84. The Labute approximate surface area is 70.6 Å². The molecule has 0 spiro atoms. The molecule has 0 saturated heterocycles. The lowest BCUT2D eigenvalue weighted by molar-refractivity contribution is -0.136. The van der Waals surface area contributed by atoms with E-state index in [2.05, 4.69) is 9.97 Å². The molecule has 1 aromatic heterocycles. The molecule has 4 nitrogen and oxygen atoms in total. The number of H-pyrrole nitrogens is 1. The van der Waals surface area contributed by atoms with Crippen LogP contribution in [0, 0.1) is 6.92 Å². The Bertz CT molecular complexity index is 291. The summed E-state index contributed by atoms with van der Waals surface area (Å²) in [5.41, 5.74) is 1.49. The van der Waals surface area contributed by atoms with Crippen molar-refractivity contribution in [3.63, 3.8) is 0 Å². The number of hydrogen-bond acceptors (Lipinski definition) is 2. The number of imidazole rings is 1. The molecule has 0 bridgehead atoms. The summed E-state index contributed by atoms with van der Waals surface area (Å²) >= 11 is 0. The van der Waals surface area contributed by atoms with Crippen molar-refractivity contribution in [3.8, 4) is 0 Å². The van der Waals surface area contributed by atoms with Crippen molar-refractivity contribution in [2.24, 2.45) is 0 Å². The fraction of sp³-hybridized carbons (Fsp3) is 0.500. The lowest BCUT2D eigenvalue weighted by Gasteiger charge is -1.89. The highest BCUT2D eigenvalue weighted by molar-refractivity contribution is 5.69. The van der Waals surface area contributed by atoms with Gasteiger partial charge in [0.1, 0.15) is 5.82 Å². The quantitative estimate of drug-likeness (QED) is 0.704. The van der Waals surface area contributed by atoms with E-state index in [0.717, 1.165) is 17.9 Å². The van der Waals surface area contributed by atoms with E-state index in [1.54, 1.807) is 0 Å². The van der Waals surface area contributed by atoms with Crippen LogP contribution in [0.5, 0.6) is 0 Å². The fourth-order valence-corrected chi connectivity index (χ4v) is 1.05. The minimum atomic E-state index is -0.841. The van der Waals surface area contributed by atoms with Crippen LogP contribution in [-0.4, -0.2) is 21.0 Å². The molecule has 1 aromatic rings. The molecule has 1 heterocycles. The predicted octanol–water partition coefficient (Wildman–Crippen LogP) is 0.908. The second-order valence-electron chi connectivity index (χ2n) is 2.68. The first-order valence-electron chi connectivity index (χ1n) is 3.89. The summed E-state index contributed by atoms with van der Waals surface area (Å²) < 4.78 is 0. The van der Waals surface area contributed by atoms with E-state index >= 15 is 0 Å². The third-order valence-corrected chi connectivity index (χ3v) is 1.69. The van der Waals surface area contributed by atoms with Crippen LogP contribution in [0.1, 0.15) is 24.1 Å². The van der Waals surface area contributed by atoms with E-state index in [4.69, 9.17) is 5.11 Å². The minimum absolute atomic E-state index is 0.00231. The third kappa shape index (κ3) is 1.84. The zero-order chi connectivity index (χ0) is 9.14. The summed E-state index contributed by atoms with van der Waals surface area (Å²) in [6.07, 6.45) is 0.808. The maximum Gasteiger partial charge on any atom is 0.309 e. The molecule has 0 saturated carbocycles. The second kappa shape index (κ2) is 3.38. The largest absolute Gasteiger partial charge is 0.481 e. The normalized spacial score (nSPS) is 10.2. The van der Waals surface area contributed by atoms with E-state index in [1.807, 2.05) is 13.8 Å². The van der Waals surface area contributed by atoms with Gasteiger partial charge >= 0.3 is 5.97 Å². The molecule has 0 atom stereocenters. The maximum atomic E-state index is 10.4. The number of aryl methyl sites for hydroxylation is 2. The van der Waals surface area contributed by atoms with Gasteiger partial charge < -0.3 is 10.1 Å².